The Bertz CT molecular complexity index is 1330. The Hall–Kier alpha value is -3.97. The number of amides is 1. The first kappa shape index (κ1) is 20.0. The van der Waals surface area contributed by atoms with Crippen LogP contribution < -0.4 is 10.1 Å². The fourth-order valence-electron chi connectivity index (χ4n) is 3.21. The number of ether oxygens (including phenoxy) is 1. The second kappa shape index (κ2) is 9.03. The van der Waals surface area contributed by atoms with Gasteiger partial charge in [-0.15, -0.1) is 11.3 Å². The Morgan fingerprint density at radius 1 is 1.00 bits per heavy atom. The van der Waals surface area contributed by atoms with Gasteiger partial charge in [0.1, 0.15) is 12.4 Å². The SMILES string of the molecule is O=C(NCc1cccc(OCc2ccccn2)c1)c1ccc(-c2nc3ccccc3s2)o1. The van der Waals surface area contributed by atoms with Crippen LogP contribution in [0.25, 0.3) is 21.0 Å². The molecule has 0 unspecified atom stereocenters. The highest BCUT2D eigenvalue weighted by atomic mass is 32.1. The number of pyridine rings is 1. The largest absolute Gasteiger partial charge is 0.487 e. The lowest BCUT2D eigenvalue weighted by Crippen LogP contribution is -2.22. The van der Waals surface area contributed by atoms with Crippen LogP contribution >= 0.6 is 11.3 Å². The van der Waals surface area contributed by atoms with Crippen molar-refractivity contribution in [1.29, 1.82) is 0 Å². The van der Waals surface area contributed by atoms with E-state index in [0.29, 0.717) is 18.9 Å². The van der Waals surface area contributed by atoms with Gasteiger partial charge >= 0.3 is 0 Å². The molecule has 5 aromatic rings. The average Bonchev–Trinajstić information content (AvgIpc) is 3.49. The Morgan fingerprint density at radius 3 is 2.78 bits per heavy atom. The van der Waals surface area contributed by atoms with Crippen molar-refractivity contribution in [2.75, 3.05) is 0 Å². The van der Waals surface area contributed by atoms with Crippen LogP contribution in [0.5, 0.6) is 5.75 Å². The van der Waals surface area contributed by atoms with Gasteiger partial charge in [-0.1, -0.05) is 30.3 Å². The first-order valence-corrected chi connectivity index (χ1v) is 10.9. The molecule has 0 aliphatic carbocycles. The van der Waals surface area contributed by atoms with E-state index in [-0.39, 0.29) is 11.7 Å². The van der Waals surface area contributed by atoms with Crippen LogP contribution in [0.1, 0.15) is 21.8 Å². The molecule has 5 rings (SSSR count). The van der Waals surface area contributed by atoms with Crippen LogP contribution in [0.15, 0.2) is 89.5 Å². The highest BCUT2D eigenvalue weighted by Gasteiger charge is 2.15. The number of thiazole rings is 1. The van der Waals surface area contributed by atoms with Gasteiger partial charge in [0, 0.05) is 12.7 Å². The maximum atomic E-state index is 12.6. The third kappa shape index (κ3) is 4.53. The number of nitrogens with zero attached hydrogens (tertiary/aromatic N) is 2. The number of carbonyl (C=O) groups is 1. The number of rotatable bonds is 7. The van der Waals surface area contributed by atoms with Gasteiger partial charge in [-0.25, -0.2) is 4.98 Å². The summed E-state index contributed by atoms with van der Waals surface area (Å²) in [5.74, 6) is 1.28. The standard InChI is InChI=1S/C25H19N3O3S/c29-24(21-11-12-22(31-21)25-28-20-9-1-2-10-23(20)32-25)27-15-17-6-5-8-19(14-17)30-16-18-7-3-4-13-26-18/h1-14H,15-16H2,(H,27,29). The summed E-state index contributed by atoms with van der Waals surface area (Å²) in [5, 5.41) is 3.64. The number of nitrogens with one attached hydrogen (secondary N) is 1. The third-order valence-electron chi connectivity index (χ3n) is 4.80. The highest BCUT2D eigenvalue weighted by molar-refractivity contribution is 7.21. The first-order chi connectivity index (χ1) is 15.7. The Balaban J connectivity index is 1.20. The molecule has 1 amide bonds. The molecular weight excluding hydrogens is 422 g/mol. The van der Waals surface area contributed by atoms with Crippen molar-refractivity contribution in [3.8, 4) is 16.5 Å². The fraction of sp³-hybridized carbons (Fsp3) is 0.0800. The normalized spacial score (nSPS) is 10.9. The molecule has 0 fully saturated rings. The van der Waals surface area contributed by atoms with Crippen LogP contribution in [-0.2, 0) is 13.2 Å². The molecule has 0 atom stereocenters. The number of aromatic nitrogens is 2. The molecule has 0 aliphatic heterocycles. The average molecular weight is 442 g/mol. The molecule has 0 radical (unpaired) electrons. The Morgan fingerprint density at radius 2 is 1.91 bits per heavy atom. The quantitative estimate of drug-likeness (QED) is 0.363. The summed E-state index contributed by atoms with van der Waals surface area (Å²) >= 11 is 1.54. The van der Waals surface area contributed by atoms with Crippen molar-refractivity contribution in [3.63, 3.8) is 0 Å². The molecular formula is C25H19N3O3S. The molecule has 1 N–H and O–H groups in total. The fourth-order valence-corrected chi connectivity index (χ4v) is 4.14. The van der Waals surface area contributed by atoms with E-state index in [1.165, 1.54) is 11.3 Å². The predicted octanol–water partition coefficient (Wildman–Crippen LogP) is 5.46. The van der Waals surface area contributed by atoms with Crippen LogP contribution in [0, 0.1) is 0 Å². The zero-order valence-electron chi connectivity index (χ0n) is 17.0. The van der Waals surface area contributed by atoms with Crippen molar-refractivity contribution < 1.29 is 13.9 Å². The highest BCUT2D eigenvalue weighted by Crippen LogP contribution is 2.31. The van der Waals surface area contributed by atoms with E-state index < -0.39 is 0 Å². The molecule has 32 heavy (non-hydrogen) atoms. The molecule has 0 aliphatic rings. The minimum absolute atomic E-state index is 0.252. The van der Waals surface area contributed by atoms with Gasteiger partial charge < -0.3 is 14.5 Å². The summed E-state index contributed by atoms with van der Waals surface area (Å²) in [6.07, 6.45) is 1.74. The van der Waals surface area contributed by atoms with E-state index in [1.807, 2.05) is 66.7 Å². The van der Waals surface area contributed by atoms with Crippen molar-refractivity contribution in [2.45, 2.75) is 13.2 Å². The van der Waals surface area contributed by atoms with E-state index in [2.05, 4.69) is 15.3 Å². The summed E-state index contributed by atoms with van der Waals surface area (Å²) in [7, 11) is 0. The molecule has 0 saturated carbocycles. The number of benzene rings is 2. The number of carbonyl (C=O) groups excluding carboxylic acids is 1. The first-order valence-electron chi connectivity index (χ1n) is 10.1. The summed E-state index contributed by atoms with van der Waals surface area (Å²) < 4.78 is 12.6. The number of hydrogen-bond donors (Lipinski definition) is 1. The molecule has 7 heteroatoms. The lowest BCUT2D eigenvalue weighted by atomic mass is 10.2. The van der Waals surface area contributed by atoms with Crippen LogP contribution in [0.3, 0.4) is 0 Å². The van der Waals surface area contributed by atoms with Crippen LogP contribution in [0.4, 0.5) is 0 Å². The summed E-state index contributed by atoms with van der Waals surface area (Å²) in [4.78, 5) is 21.4. The lowest BCUT2D eigenvalue weighted by Gasteiger charge is -2.08. The minimum Gasteiger partial charge on any atom is -0.487 e. The van der Waals surface area contributed by atoms with Gasteiger partial charge in [0.15, 0.2) is 16.5 Å². The van der Waals surface area contributed by atoms with Crippen LogP contribution in [0.2, 0.25) is 0 Å². The number of para-hydroxylation sites is 1. The van der Waals surface area contributed by atoms with Gasteiger partial charge in [-0.2, -0.15) is 0 Å². The molecule has 3 heterocycles. The number of furan rings is 1. The maximum Gasteiger partial charge on any atom is 0.287 e. The lowest BCUT2D eigenvalue weighted by molar-refractivity contribution is 0.0924. The second-order valence-corrected chi connectivity index (χ2v) is 8.12. The van der Waals surface area contributed by atoms with E-state index in [4.69, 9.17) is 9.15 Å². The smallest absolute Gasteiger partial charge is 0.287 e. The van der Waals surface area contributed by atoms with Crippen LogP contribution in [-0.4, -0.2) is 15.9 Å². The van der Waals surface area contributed by atoms with Crippen molar-refractivity contribution in [3.05, 3.63) is 102 Å². The molecule has 6 nitrogen and oxygen atoms in total. The Labute approximate surface area is 188 Å². The second-order valence-electron chi connectivity index (χ2n) is 7.09. The number of fused-ring (bicyclic) bond motifs is 1. The molecule has 0 saturated heterocycles. The van der Waals surface area contributed by atoms with Crippen molar-refractivity contribution in [2.24, 2.45) is 0 Å². The van der Waals surface area contributed by atoms with Gasteiger partial charge in [0.25, 0.3) is 5.91 Å². The van der Waals surface area contributed by atoms with Crippen molar-refractivity contribution in [1.82, 2.24) is 15.3 Å². The summed E-state index contributed by atoms with van der Waals surface area (Å²) in [6, 6.07) is 24.7. The molecule has 2 aromatic carbocycles. The zero-order chi connectivity index (χ0) is 21.8. The minimum atomic E-state index is -0.280. The van der Waals surface area contributed by atoms with Crippen molar-refractivity contribution >= 4 is 27.5 Å². The van der Waals surface area contributed by atoms with E-state index >= 15 is 0 Å². The predicted molar refractivity (Wildman–Crippen MR) is 124 cm³/mol. The monoisotopic (exact) mass is 441 g/mol. The molecule has 3 aromatic heterocycles. The number of hydrogen-bond acceptors (Lipinski definition) is 6. The zero-order valence-corrected chi connectivity index (χ0v) is 17.8. The molecule has 158 valence electrons. The Kier molecular flexibility index (Phi) is 5.63. The molecule has 0 bridgehead atoms. The van der Waals surface area contributed by atoms with Gasteiger partial charge in [0.05, 0.1) is 15.9 Å². The summed E-state index contributed by atoms with van der Waals surface area (Å²) in [6.45, 7) is 0.744. The summed E-state index contributed by atoms with van der Waals surface area (Å²) in [5.41, 5.74) is 2.70. The topological polar surface area (TPSA) is 77.2 Å². The van der Waals surface area contributed by atoms with Gasteiger partial charge in [-0.05, 0) is 54.1 Å². The van der Waals surface area contributed by atoms with E-state index in [9.17, 15) is 4.79 Å². The van der Waals surface area contributed by atoms with E-state index in [0.717, 1.165) is 32.2 Å². The molecule has 0 spiro atoms. The van der Waals surface area contributed by atoms with E-state index in [1.54, 1.807) is 18.3 Å². The maximum absolute atomic E-state index is 12.6. The van der Waals surface area contributed by atoms with Gasteiger partial charge in [0.2, 0.25) is 0 Å². The third-order valence-corrected chi connectivity index (χ3v) is 5.85. The van der Waals surface area contributed by atoms with Gasteiger partial charge in [-0.3, -0.25) is 9.78 Å².